The van der Waals surface area contributed by atoms with E-state index in [2.05, 4.69) is 6.92 Å². The van der Waals surface area contributed by atoms with Crippen molar-refractivity contribution in [3.05, 3.63) is 12.2 Å². The zero-order chi connectivity index (χ0) is 17.5. The Balaban J connectivity index is 3.76. The highest BCUT2D eigenvalue weighted by molar-refractivity contribution is 5.66. The smallest absolute Gasteiger partial charge is 0.303 e. The molecule has 0 aromatic carbocycles. The van der Waals surface area contributed by atoms with E-state index in [9.17, 15) is 20.1 Å². The maximum atomic E-state index is 10.3. The summed E-state index contributed by atoms with van der Waals surface area (Å²) in [7, 11) is 0. The molecule has 23 heavy (non-hydrogen) atoms. The molecule has 0 amide bonds. The Kier molecular flexibility index (Phi) is 14.1. The van der Waals surface area contributed by atoms with Crippen LogP contribution >= 0.6 is 0 Å². The van der Waals surface area contributed by atoms with Crippen LogP contribution in [0.1, 0.15) is 77.6 Å². The molecule has 0 saturated carbocycles. The molecule has 0 aromatic heterocycles. The summed E-state index contributed by atoms with van der Waals surface area (Å²) in [5, 5.41) is 38.1. The van der Waals surface area contributed by atoms with E-state index in [0.717, 1.165) is 25.7 Å². The van der Waals surface area contributed by atoms with Gasteiger partial charge in [-0.05, 0) is 25.7 Å². The fraction of sp³-hybridized carbons (Fsp3) is 0.833. The number of unbranched alkanes of at least 4 members (excludes halogenated alkanes) is 7. The van der Waals surface area contributed by atoms with Gasteiger partial charge in [-0.3, -0.25) is 4.79 Å². The molecule has 0 aliphatic heterocycles. The molecule has 3 atom stereocenters. The van der Waals surface area contributed by atoms with Gasteiger partial charge in [0.1, 0.15) is 12.2 Å². The van der Waals surface area contributed by atoms with Crippen LogP contribution in [0.2, 0.25) is 0 Å². The third-order valence-corrected chi connectivity index (χ3v) is 3.94. The standard InChI is InChI=1S/C18H34O5/c1-2-3-4-5-6-9-12-15(19)18(23)16(20)13-10-7-8-11-14-17(21)22/h10,13,15-16,18-20,23H,2-9,11-12,14H2,1H3,(H,21,22)/b13-10+. The number of rotatable bonds is 15. The number of aliphatic carboxylic acids is 1. The predicted octanol–water partition coefficient (Wildman–Crippen LogP) is 3.02. The van der Waals surface area contributed by atoms with Crippen molar-refractivity contribution in [3.63, 3.8) is 0 Å². The number of aliphatic hydroxyl groups is 3. The number of carboxylic acids is 1. The summed E-state index contributed by atoms with van der Waals surface area (Å²) in [6.45, 7) is 2.17. The minimum absolute atomic E-state index is 0.149. The maximum absolute atomic E-state index is 10.3. The molecule has 0 spiro atoms. The average molecular weight is 330 g/mol. The average Bonchev–Trinajstić information content (AvgIpc) is 2.52. The lowest BCUT2D eigenvalue weighted by Gasteiger charge is -2.20. The van der Waals surface area contributed by atoms with Crippen LogP contribution in [0, 0.1) is 0 Å². The van der Waals surface area contributed by atoms with Gasteiger partial charge < -0.3 is 20.4 Å². The van der Waals surface area contributed by atoms with Gasteiger partial charge >= 0.3 is 5.97 Å². The Morgan fingerprint density at radius 3 is 2.26 bits per heavy atom. The molecule has 0 aromatic rings. The van der Waals surface area contributed by atoms with Gasteiger partial charge in [-0.25, -0.2) is 0 Å². The number of carbonyl (C=O) groups is 1. The Morgan fingerprint density at radius 2 is 1.61 bits per heavy atom. The Bertz CT molecular complexity index is 317. The van der Waals surface area contributed by atoms with E-state index in [0.29, 0.717) is 19.3 Å². The third-order valence-electron chi connectivity index (χ3n) is 3.94. The quantitative estimate of drug-likeness (QED) is 0.273. The highest BCUT2D eigenvalue weighted by Crippen LogP contribution is 2.13. The van der Waals surface area contributed by atoms with Gasteiger partial charge in [-0.2, -0.15) is 0 Å². The van der Waals surface area contributed by atoms with E-state index in [1.54, 1.807) is 6.08 Å². The molecular weight excluding hydrogens is 296 g/mol. The van der Waals surface area contributed by atoms with E-state index in [-0.39, 0.29) is 6.42 Å². The third kappa shape index (κ3) is 13.2. The van der Waals surface area contributed by atoms with Gasteiger partial charge in [-0.1, -0.05) is 57.6 Å². The predicted molar refractivity (Wildman–Crippen MR) is 91.3 cm³/mol. The van der Waals surface area contributed by atoms with Crippen molar-refractivity contribution in [3.8, 4) is 0 Å². The van der Waals surface area contributed by atoms with Crippen molar-refractivity contribution in [2.24, 2.45) is 0 Å². The lowest BCUT2D eigenvalue weighted by molar-refractivity contribution is -0.137. The van der Waals surface area contributed by atoms with Gasteiger partial charge in [-0.15, -0.1) is 0 Å². The second-order valence-electron chi connectivity index (χ2n) is 6.17. The van der Waals surface area contributed by atoms with Crippen LogP contribution in [0.3, 0.4) is 0 Å². The largest absolute Gasteiger partial charge is 0.481 e. The monoisotopic (exact) mass is 330 g/mol. The van der Waals surface area contributed by atoms with Crippen LogP contribution in [0.25, 0.3) is 0 Å². The van der Waals surface area contributed by atoms with Crippen LogP contribution in [-0.4, -0.2) is 44.7 Å². The molecule has 136 valence electrons. The molecule has 0 bridgehead atoms. The number of hydrogen-bond donors (Lipinski definition) is 4. The first kappa shape index (κ1) is 22.1. The molecule has 5 heteroatoms. The SMILES string of the molecule is CCCCCCCCC(O)C(O)C(O)/C=C/CCCCC(=O)O. The molecule has 0 aliphatic carbocycles. The summed E-state index contributed by atoms with van der Waals surface area (Å²) in [4.78, 5) is 10.3. The van der Waals surface area contributed by atoms with E-state index >= 15 is 0 Å². The molecule has 0 rings (SSSR count). The topological polar surface area (TPSA) is 98.0 Å². The molecular formula is C18H34O5. The molecule has 0 radical (unpaired) electrons. The summed E-state index contributed by atoms with van der Waals surface area (Å²) in [6, 6.07) is 0. The fourth-order valence-corrected chi connectivity index (χ4v) is 2.42. The van der Waals surface area contributed by atoms with Crippen molar-refractivity contribution in [2.75, 3.05) is 0 Å². The van der Waals surface area contributed by atoms with Crippen molar-refractivity contribution in [1.82, 2.24) is 0 Å². The first-order valence-corrected chi connectivity index (χ1v) is 8.91. The summed E-state index contributed by atoms with van der Waals surface area (Å²) >= 11 is 0. The molecule has 3 unspecified atom stereocenters. The summed E-state index contributed by atoms with van der Waals surface area (Å²) in [5.41, 5.74) is 0. The molecule has 5 nitrogen and oxygen atoms in total. The zero-order valence-electron chi connectivity index (χ0n) is 14.4. The van der Waals surface area contributed by atoms with Crippen LogP contribution in [-0.2, 0) is 4.79 Å². The van der Waals surface area contributed by atoms with Gasteiger partial charge in [0, 0.05) is 6.42 Å². The lowest BCUT2D eigenvalue weighted by Crippen LogP contribution is -2.36. The minimum Gasteiger partial charge on any atom is -0.481 e. The van der Waals surface area contributed by atoms with Crippen LogP contribution in [0.4, 0.5) is 0 Å². The normalized spacial score (nSPS) is 15.7. The zero-order valence-corrected chi connectivity index (χ0v) is 14.4. The lowest BCUT2D eigenvalue weighted by atomic mass is 10.0. The molecule has 0 saturated heterocycles. The van der Waals surface area contributed by atoms with Gasteiger partial charge in [0.15, 0.2) is 0 Å². The highest BCUT2D eigenvalue weighted by Gasteiger charge is 2.21. The summed E-state index contributed by atoms with van der Waals surface area (Å²) in [5.74, 6) is -0.803. The first-order chi connectivity index (χ1) is 11.0. The number of aliphatic hydroxyl groups excluding tert-OH is 3. The van der Waals surface area contributed by atoms with Crippen LogP contribution < -0.4 is 0 Å². The Morgan fingerprint density at radius 1 is 0.957 bits per heavy atom. The number of hydrogen-bond acceptors (Lipinski definition) is 4. The van der Waals surface area contributed by atoms with E-state index in [1.165, 1.54) is 25.3 Å². The van der Waals surface area contributed by atoms with Crippen molar-refractivity contribution < 1.29 is 25.2 Å². The maximum Gasteiger partial charge on any atom is 0.303 e. The molecule has 0 aliphatic rings. The van der Waals surface area contributed by atoms with E-state index in [4.69, 9.17) is 5.11 Å². The number of carboxylic acid groups (broad SMARTS) is 1. The highest BCUT2D eigenvalue weighted by atomic mass is 16.4. The van der Waals surface area contributed by atoms with Gasteiger partial charge in [0.05, 0.1) is 6.10 Å². The minimum atomic E-state index is -1.17. The summed E-state index contributed by atoms with van der Waals surface area (Å²) in [6.07, 6.45) is 9.38. The van der Waals surface area contributed by atoms with Crippen molar-refractivity contribution in [2.45, 2.75) is 95.9 Å². The van der Waals surface area contributed by atoms with Gasteiger partial charge in [0.2, 0.25) is 0 Å². The van der Waals surface area contributed by atoms with Crippen LogP contribution in [0.5, 0.6) is 0 Å². The first-order valence-electron chi connectivity index (χ1n) is 8.91. The van der Waals surface area contributed by atoms with Gasteiger partial charge in [0.25, 0.3) is 0 Å². The number of allylic oxidation sites excluding steroid dienone is 1. The molecule has 4 N–H and O–H groups in total. The van der Waals surface area contributed by atoms with Crippen molar-refractivity contribution in [1.29, 1.82) is 0 Å². The van der Waals surface area contributed by atoms with E-state index in [1.807, 2.05) is 0 Å². The summed E-state index contributed by atoms with van der Waals surface area (Å²) < 4.78 is 0. The van der Waals surface area contributed by atoms with E-state index < -0.39 is 24.3 Å². The molecule has 0 fully saturated rings. The second kappa shape index (κ2) is 14.7. The van der Waals surface area contributed by atoms with Crippen LogP contribution in [0.15, 0.2) is 12.2 Å². The Labute approximate surface area is 140 Å². The fourth-order valence-electron chi connectivity index (χ4n) is 2.42. The Hall–Kier alpha value is -0.910. The molecule has 0 heterocycles. The van der Waals surface area contributed by atoms with Crippen molar-refractivity contribution >= 4 is 5.97 Å². The second-order valence-corrected chi connectivity index (χ2v) is 6.17.